The van der Waals surface area contributed by atoms with Crippen LogP contribution in [-0.4, -0.2) is 9.78 Å². The van der Waals surface area contributed by atoms with Crippen LogP contribution in [0.4, 0.5) is 4.39 Å². The SMILES string of the molecule is Cc1nn(C(C)C)cc1CNCc1ccc(F)cc1.Cl. The van der Waals surface area contributed by atoms with Crippen LogP contribution >= 0.6 is 12.4 Å². The van der Waals surface area contributed by atoms with Crippen molar-refractivity contribution in [3.8, 4) is 0 Å². The molecule has 0 saturated carbocycles. The molecule has 0 fully saturated rings. The predicted molar refractivity (Wildman–Crippen MR) is 81.5 cm³/mol. The lowest BCUT2D eigenvalue weighted by atomic mass is 10.2. The molecule has 0 saturated heterocycles. The second-order valence-electron chi connectivity index (χ2n) is 5.04. The Balaban J connectivity index is 0.00000200. The highest BCUT2D eigenvalue weighted by molar-refractivity contribution is 5.85. The van der Waals surface area contributed by atoms with E-state index in [2.05, 4.69) is 30.5 Å². The molecule has 0 atom stereocenters. The number of benzene rings is 1. The van der Waals surface area contributed by atoms with E-state index >= 15 is 0 Å². The summed E-state index contributed by atoms with van der Waals surface area (Å²) in [6, 6.07) is 6.95. The first-order valence-corrected chi connectivity index (χ1v) is 6.56. The van der Waals surface area contributed by atoms with Crippen molar-refractivity contribution in [3.05, 3.63) is 53.1 Å². The molecular formula is C15H21ClFN3. The molecule has 0 amide bonds. The zero-order valence-corrected chi connectivity index (χ0v) is 12.9. The molecule has 20 heavy (non-hydrogen) atoms. The fraction of sp³-hybridized carbons (Fsp3) is 0.400. The number of nitrogens with one attached hydrogen (secondary N) is 1. The van der Waals surface area contributed by atoms with Crippen molar-refractivity contribution in [1.29, 1.82) is 0 Å². The molecular weight excluding hydrogens is 277 g/mol. The van der Waals surface area contributed by atoms with Gasteiger partial charge in [0.05, 0.1) is 5.69 Å². The van der Waals surface area contributed by atoms with Gasteiger partial charge in [0.1, 0.15) is 5.82 Å². The second kappa shape index (κ2) is 7.41. The minimum Gasteiger partial charge on any atom is -0.308 e. The van der Waals surface area contributed by atoms with Gasteiger partial charge < -0.3 is 5.32 Å². The van der Waals surface area contributed by atoms with E-state index in [0.717, 1.165) is 24.3 Å². The summed E-state index contributed by atoms with van der Waals surface area (Å²) in [7, 11) is 0. The molecule has 110 valence electrons. The van der Waals surface area contributed by atoms with E-state index in [4.69, 9.17) is 0 Å². The molecule has 3 nitrogen and oxygen atoms in total. The van der Waals surface area contributed by atoms with Gasteiger partial charge in [-0.25, -0.2) is 4.39 Å². The maximum atomic E-state index is 12.8. The summed E-state index contributed by atoms with van der Waals surface area (Å²) in [6.07, 6.45) is 2.08. The lowest BCUT2D eigenvalue weighted by Crippen LogP contribution is -2.12. The van der Waals surface area contributed by atoms with Crippen LogP contribution < -0.4 is 5.32 Å². The van der Waals surface area contributed by atoms with Crippen molar-refractivity contribution < 1.29 is 4.39 Å². The second-order valence-corrected chi connectivity index (χ2v) is 5.04. The maximum absolute atomic E-state index is 12.8. The molecule has 0 bridgehead atoms. The van der Waals surface area contributed by atoms with Crippen molar-refractivity contribution in [1.82, 2.24) is 15.1 Å². The Bertz CT molecular complexity index is 535. The van der Waals surface area contributed by atoms with Crippen molar-refractivity contribution in [2.45, 2.75) is 39.9 Å². The average molecular weight is 298 g/mol. The number of hydrogen-bond donors (Lipinski definition) is 1. The minimum atomic E-state index is -0.196. The summed E-state index contributed by atoms with van der Waals surface area (Å²) in [4.78, 5) is 0. The van der Waals surface area contributed by atoms with Crippen LogP contribution in [0, 0.1) is 12.7 Å². The third kappa shape index (κ3) is 4.32. The lowest BCUT2D eigenvalue weighted by Gasteiger charge is -2.04. The number of halogens is 2. The summed E-state index contributed by atoms with van der Waals surface area (Å²) < 4.78 is 14.8. The van der Waals surface area contributed by atoms with Gasteiger partial charge in [0.25, 0.3) is 0 Å². The van der Waals surface area contributed by atoms with Crippen LogP contribution in [0.2, 0.25) is 0 Å². The van der Waals surface area contributed by atoms with Crippen molar-refractivity contribution in [3.63, 3.8) is 0 Å². The fourth-order valence-corrected chi connectivity index (χ4v) is 1.90. The zero-order valence-electron chi connectivity index (χ0n) is 12.1. The van der Waals surface area contributed by atoms with Gasteiger partial charge in [0.15, 0.2) is 0 Å². The summed E-state index contributed by atoms with van der Waals surface area (Å²) in [5, 5.41) is 7.83. The molecule has 1 aromatic heterocycles. The maximum Gasteiger partial charge on any atom is 0.123 e. The van der Waals surface area contributed by atoms with E-state index in [1.807, 2.05) is 11.6 Å². The number of rotatable bonds is 5. The summed E-state index contributed by atoms with van der Waals surface area (Å²) in [5.74, 6) is -0.196. The highest BCUT2D eigenvalue weighted by atomic mass is 35.5. The van der Waals surface area contributed by atoms with E-state index in [9.17, 15) is 4.39 Å². The molecule has 1 heterocycles. The number of aromatic nitrogens is 2. The van der Waals surface area contributed by atoms with Crippen LogP contribution in [0.3, 0.4) is 0 Å². The van der Waals surface area contributed by atoms with E-state index in [1.165, 1.54) is 17.7 Å². The van der Waals surface area contributed by atoms with Gasteiger partial charge in [-0.15, -0.1) is 12.4 Å². The molecule has 1 aromatic carbocycles. The van der Waals surface area contributed by atoms with Crippen LogP contribution in [0.25, 0.3) is 0 Å². The zero-order chi connectivity index (χ0) is 13.8. The normalized spacial score (nSPS) is 10.7. The Morgan fingerprint density at radius 3 is 2.40 bits per heavy atom. The predicted octanol–water partition coefficient (Wildman–Crippen LogP) is 3.62. The molecule has 5 heteroatoms. The number of aryl methyl sites for hydroxylation is 1. The summed E-state index contributed by atoms with van der Waals surface area (Å²) in [6.45, 7) is 7.75. The molecule has 0 unspecified atom stereocenters. The van der Waals surface area contributed by atoms with E-state index < -0.39 is 0 Å². The van der Waals surface area contributed by atoms with E-state index in [0.29, 0.717) is 6.04 Å². The van der Waals surface area contributed by atoms with Crippen molar-refractivity contribution in [2.75, 3.05) is 0 Å². The van der Waals surface area contributed by atoms with Crippen molar-refractivity contribution in [2.24, 2.45) is 0 Å². The smallest absolute Gasteiger partial charge is 0.123 e. The highest BCUT2D eigenvalue weighted by Crippen LogP contribution is 2.10. The van der Waals surface area contributed by atoms with Crippen LogP contribution in [0.5, 0.6) is 0 Å². The fourth-order valence-electron chi connectivity index (χ4n) is 1.90. The Labute approximate surface area is 125 Å². The van der Waals surface area contributed by atoms with Gasteiger partial charge >= 0.3 is 0 Å². The Hall–Kier alpha value is -1.39. The summed E-state index contributed by atoms with van der Waals surface area (Å²) >= 11 is 0. The standard InChI is InChI=1S/C15H20FN3.ClH/c1-11(2)19-10-14(12(3)18-19)9-17-8-13-4-6-15(16)7-5-13;/h4-7,10-11,17H,8-9H2,1-3H3;1H. The van der Waals surface area contributed by atoms with Gasteiger partial charge in [-0.3, -0.25) is 4.68 Å². The number of nitrogens with zero attached hydrogens (tertiary/aromatic N) is 2. The summed E-state index contributed by atoms with van der Waals surface area (Å²) in [5.41, 5.74) is 3.34. The monoisotopic (exact) mass is 297 g/mol. The molecule has 0 spiro atoms. The molecule has 2 rings (SSSR count). The van der Waals surface area contributed by atoms with E-state index in [1.54, 1.807) is 12.1 Å². The first-order valence-electron chi connectivity index (χ1n) is 6.56. The number of hydrogen-bond acceptors (Lipinski definition) is 2. The van der Waals surface area contributed by atoms with Crippen LogP contribution in [0.15, 0.2) is 30.5 Å². The largest absolute Gasteiger partial charge is 0.308 e. The van der Waals surface area contributed by atoms with Gasteiger partial charge in [-0.1, -0.05) is 12.1 Å². The van der Waals surface area contributed by atoms with Crippen LogP contribution in [-0.2, 0) is 13.1 Å². The molecule has 0 aliphatic heterocycles. The van der Waals surface area contributed by atoms with Crippen LogP contribution in [0.1, 0.15) is 36.7 Å². The molecule has 0 radical (unpaired) electrons. The third-order valence-corrected chi connectivity index (χ3v) is 3.11. The van der Waals surface area contributed by atoms with Gasteiger partial charge in [-0.05, 0) is 38.5 Å². The molecule has 0 aliphatic carbocycles. The Kier molecular flexibility index (Phi) is 6.17. The minimum absolute atomic E-state index is 0. The molecule has 0 aliphatic rings. The third-order valence-electron chi connectivity index (χ3n) is 3.11. The highest BCUT2D eigenvalue weighted by Gasteiger charge is 2.06. The molecule has 2 aromatic rings. The van der Waals surface area contributed by atoms with Gasteiger partial charge in [0.2, 0.25) is 0 Å². The quantitative estimate of drug-likeness (QED) is 0.913. The van der Waals surface area contributed by atoms with Gasteiger partial charge in [0, 0.05) is 30.9 Å². The Morgan fingerprint density at radius 1 is 1.20 bits per heavy atom. The van der Waals surface area contributed by atoms with Crippen molar-refractivity contribution >= 4 is 12.4 Å². The van der Waals surface area contributed by atoms with E-state index in [-0.39, 0.29) is 18.2 Å². The lowest BCUT2D eigenvalue weighted by molar-refractivity contribution is 0.528. The first-order chi connectivity index (χ1) is 9.06. The van der Waals surface area contributed by atoms with Gasteiger partial charge in [-0.2, -0.15) is 5.10 Å². The Morgan fingerprint density at radius 2 is 1.85 bits per heavy atom. The average Bonchev–Trinajstić information content (AvgIpc) is 2.74. The topological polar surface area (TPSA) is 29.9 Å². The first kappa shape index (κ1) is 16.7. The molecule has 1 N–H and O–H groups in total.